The lowest BCUT2D eigenvalue weighted by Crippen LogP contribution is -2.67. The molecule has 3 fully saturated rings. The van der Waals surface area contributed by atoms with E-state index in [4.69, 9.17) is 19.8 Å². The van der Waals surface area contributed by atoms with Crippen LogP contribution in [0.2, 0.25) is 0 Å². The standard InChI is InChI=1S/C23H33N3O.2C2HF3O2/c1-4-18(10-17-8-6-5-7-9-17)20-11-21(20)24-19-12-23(13-19)15-26(16-23)14-22(27)25(2)3;2*3-2(4,5)1(6)7/h5-10,19-21,24H,4,11-16H2,1-3H3;2*(H,6,7)/b18-10+;;/t20-,21+;;/m1../s1. The first-order valence-corrected chi connectivity index (χ1v) is 12.9. The number of carboxylic acid groups (broad SMARTS) is 2. The van der Waals surface area contributed by atoms with Crippen LogP contribution in [0.4, 0.5) is 26.3 Å². The highest BCUT2D eigenvalue weighted by Crippen LogP contribution is 2.50. The first-order valence-electron chi connectivity index (χ1n) is 12.9. The quantitative estimate of drug-likeness (QED) is 0.404. The zero-order valence-corrected chi connectivity index (χ0v) is 22.9. The SMILES string of the molecule is CC/C(=C\c1ccccc1)[C@H]1C[C@@H]1NC1CC2(C1)CN(CC(=O)N(C)C)C2.O=C(O)C(F)(F)F.O=C(O)C(F)(F)F. The fourth-order valence-corrected chi connectivity index (χ4v) is 5.03. The summed E-state index contributed by atoms with van der Waals surface area (Å²) in [6, 6.07) is 12.1. The Labute approximate surface area is 234 Å². The van der Waals surface area contributed by atoms with Gasteiger partial charge in [-0.1, -0.05) is 48.9 Å². The average Bonchev–Trinajstić information content (AvgIpc) is 3.58. The molecule has 3 aliphatic rings. The number of carbonyl (C=O) groups is 3. The first-order chi connectivity index (χ1) is 18.9. The molecular weight excluding hydrogens is 560 g/mol. The Kier molecular flexibility index (Phi) is 11.4. The highest BCUT2D eigenvalue weighted by atomic mass is 19.4. The topological polar surface area (TPSA) is 110 Å². The van der Waals surface area contributed by atoms with Crippen LogP contribution in [-0.2, 0) is 14.4 Å². The minimum absolute atomic E-state index is 0.219. The lowest BCUT2D eigenvalue weighted by Gasteiger charge is -2.59. The van der Waals surface area contributed by atoms with E-state index in [2.05, 4.69) is 53.5 Å². The zero-order valence-electron chi connectivity index (χ0n) is 22.9. The van der Waals surface area contributed by atoms with Crippen molar-refractivity contribution < 1.29 is 50.9 Å². The summed E-state index contributed by atoms with van der Waals surface area (Å²) in [5.41, 5.74) is 3.41. The van der Waals surface area contributed by atoms with Crippen molar-refractivity contribution in [2.45, 2.75) is 57.0 Å². The zero-order chi connectivity index (χ0) is 31.2. The Morgan fingerprint density at radius 3 is 1.90 bits per heavy atom. The molecule has 0 radical (unpaired) electrons. The van der Waals surface area contributed by atoms with Gasteiger partial charge in [0.25, 0.3) is 0 Å². The molecule has 1 aliphatic heterocycles. The maximum absolute atomic E-state index is 11.8. The van der Waals surface area contributed by atoms with E-state index >= 15 is 0 Å². The van der Waals surface area contributed by atoms with Crippen molar-refractivity contribution >= 4 is 23.9 Å². The van der Waals surface area contributed by atoms with Crippen LogP contribution < -0.4 is 5.32 Å². The molecule has 0 unspecified atom stereocenters. The normalized spacial score (nSPS) is 21.7. The molecule has 1 amide bonds. The van der Waals surface area contributed by atoms with E-state index in [-0.39, 0.29) is 5.91 Å². The molecule has 0 aromatic heterocycles. The summed E-state index contributed by atoms with van der Waals surface area (Å²) in [4.78, 5) is 33.6. The molecule has 4 rings (SSSR count). The summed E-state index contributed by atoms with van der Waals surface area (Å²) in [6.07, 6.45) is -2.78. The predicted molar refractivity (Wildman–Crippen MR) is 138 cm³/mol. The van der Waals surface area contributed by atoms with Gasteiger partial charge in [0.05, 0.1) is 6.54 Å². The van der Waals surface area contributed by atoms with Crippen LogP contribution in [-0.4, -0.2) is 96.0 Å². The van der Waals surface area contributed by atoms with Gasteiger partial charge in [0.1, 0.15) is 0 Å². The first kappa shape index (κ1) is 34.1. The lowest BCUT2D eigenvalue weighted by molar-refractivity contribution is -0.193. The molecular formula is C27H35F6N3O5. The molecule has 1 spiro atoms. The third-order valence-electron chi connectivity index (χ3n) is 7.10. The van der Waals surface area contributed by atoms with Crippen LogP contribution in [0.3, 0.4) is 0 Å². The number of alkyl halides is 6. The highest BCUT2D eigenvalue weighted by molar-refractivity contribution is 5.77. The van der Waals surface area contributed by atoms with Crippen LogP contribution in [0.25, 0.3) is 6.08 Å². The average molecular weight is 596 g/mol. The van der Waals surface area contributed by atoms with Crippen LogP contribution >= 0.6 is 0 Å². The Morgan fingerprint density at radius 2 is 1.49 bits per heavy atom. The van der Waals surface area contributed by atoms with Crippen molar-refractivity contribution in [3.63, 3.8) is 0 Å². The van der Waals surface area contributed by atoms with Crippen molar-refractivity contribution in [3.8, 4) is 0 Å². The summed E-state index contributed by atoms with van der Waals surface area (Å²) >= 11 is 0. The number of halogens is 6. The summed E-state index contributed by atoms with van der Waals surface area (Å²) in [7, 11) is 3.67. The molecule has 2 aliphatic carbocycles. The van der Waals surface area contributed by atoms with Gasteiger partial charge in [0.15, 0.2) is 0 Å². The van der Waals surface area contributed by atoms with E-state index in [1.165, 1.54) is 24.8 Å². The number of aliphatic carboxylic acids is 2. The smallest absolute Gasteiger partial charge is 0.475 e. The minimum Gasteiger partial charge on any atom is -0.475 e. The molecule has 14 heteroatoms. The Bertz CT molecular complexity index is 1050. The third kappa shape index (κ3) is 10.7. The molecule has 0 bridgehead atoms. The second-order valence-corrected chi connectivity index (χ2v) is 10.7. The predicted octanol–water partition coefficient (Wildman–Crippen LogP) is 4.28. The minimum atomic E-state index is -5.08. The van der Waals surface area contributed by atoms with Crippen molar-refractivity contribution in [2.75, 3.05) is 33.7 Å². The van der Waals surface area contributed by atoms with Gasteiger partial charge in [-0.3, -0.25) is 9.69 Å². The van der Waals surface area contributed by atoms with Gasteiger partial charge >= 0.3 is 24.3 Å². The van der Waals surface area contributed by atoms with Gasteiger partial charge in [-0.05, 0) is 42.6 Å². The second-order valence-electron chi connectivity index (χ2n) is 10.7. The summed E-state index contributed by atoms with van der Waals surface area (Å²) in [5.74, 6) is -4.57. The van der Waals surface area contributed by atoms with E-state index in [1.54, 1.807) is 10.5 Å². The highest BCUT2D eigenvalue weighted by Gasteiger charge is 2.54. The van der Waals surface area contributed by atoms with Crippen molar-refractivity contribution in [3.05, 3.63) is 41.5 Å². The number of nitrogens with one attached hydrogen (secondary N) is 1. The van der Waals surface area contributed by atoms with Gasteiger partial charge in [0, 0.05) is 39.3 Å². The molecule has 2 saturated carbocycles. The molecule has 2 atom stereocenters. The summed E-state index contributed by atoms with van der Waals surface area (Å²) in [5, 5.41) is 18.2. The van der Waals surface area contributed by atoms with Crippen LogP contribution in [0.1, 0.15) is 38.2 Å². The number of likely N-dealkylation sites (tertiary alicyclic amines) is 1. The van der Waals surface area contributed by atoms with Gasteiger partial charge in [-0.2, -0.15) is 26.3 Å². The number of hydrogen-bond acceptors (Lipinski definition) is 5. The molecule has 1 aromatic rings. The number of likely N-dealkylation sites (N-methyl/N-ethyl adjacent to an activating group) is 1. The molecule has 1 saturated heterocycles. The Morgan fingerprint density at radius 1 is 1.00 bits per heavy atom. The summed E-state index contributed by atoms with van der Waals surface area (Å²) < 4.78 is 63.5. The molecule has 3 N–H and O–H groups in total. The number of carbonyl (C=O) groups excluding carboxylic acids is 1. The number of rotatable bonds is 7. The number of nitrogens with zero attached hydrogens (tertiary/aromatic N) is 2. The van der Waals surface area contributed by atoms with Crippen molar-refractivity contribution in [1.29, 1.82) is 0 Å². The molecule has 1 heterocycles. The van der Waals surface area contributed by atoms with E-state index in [0.717, 1.165) is 25.4 Å². The number of benzene rings is 1. The van der Waals surface area contributed by atoms with Gasteiger partial charge in [-0.15, -0.1) is 0 Å². The van der Waals surface area contributed by atoms with Gasteiger partial charge in [-0.25, -0.2) is 9.59 Å². The maximum atomic E-state index is 11.8. The van der Waals surface area contributed by atoms with Crippen LogP contribution in [0, 0.1) is 11.3 Å². The van der Waals surface area contributed by atoms with E-state index in [0.29, 0.717) is 24.0 Å². The van der Waals surface area contributed by atoms with Gasteiger partial charge < -0.3 is 20.4 Å². The lowest BCUT2D eigenvalue weighted by atomic mass is 9.60. The fraction of sp³-hybridized carbons (Fsp3) is 0.593. The number of amides is 1. The number of hydrogen-bond donors (Lipinski definition) is 3. The molecule has 1 aromatic carbocycles. The Balaban J connectivity index is 0.000000349. The second kappa shape index (κ2) is 13.7. The molecule has 41 heavy (non-hydrogen) atoms. The van der Waals surface area contributed by atoms with E-state index in [9.17, 15) is 31.1 Å². The Hall–Kier alpha value is -3.13. The van der Waals surface area contributed by atoms with Crippen molar-refractivity contribution in [1.82, 2.24) is 15.1 Å². The van der Waals surface area contributed by atoms with Crippen LogP contribution in [0.5, 0.6) is 0 Å². The van der Waals surface area contributed by atoms with E-state index < -0.39 is 24.3 Å². The monoisotopic (exact) mass is 595 g/mol. The molecule has 230 valence electrons. The van der Waals surface area contributed by atoms with Crippen LogP contribution in [0.15, 0.2) is 35.9 Å². The largest absolute Gasteiger partial charge is 0.490 e. The van der Waals surface area contributed by atoms with Crippen molar-refractivity contribution in [2.24, 2.45) is 11.3 Å². The fourth-order valence-electron chi connectivity index (χ4n) is 5.03. The summed E-state index contributed by atoms with van der Waals surface area (Å²) in [6.45, 7) is 5.07. The van der Waals surface area contributed by atoms with E-state index in [1.807, 2.05) is 14.1 Å². The van der Waals surface area contributed by atoms with Gasteiger partial charge in [0.2, 0.25) is 5.91 Å². The molecule has 8 nitrogen and oxygen atoms in total. The maximum Gasteiger partial charge on any atom is 0.490 e. The number of carboxylic acids is 2. The third-order valence-corrected chi connectivity index (χ3v) is 7.10.